The molecule has 1 fully saturated rings. The average molecular weight is 209 g/mol. The molecule has 0 bridgehead atoms. The Morgan fingerprint density at radius 2 is 2.47 bits per heavy atom. The van der Waals surface area contributed by atoms with Gasteiger partial charge in [-0.1, -0.05) is 0 Å². The van der Waals surface area contributed by atoms with Crippen LogP contribution in [0.1, 0.15) is 31.4 Å². The summed E-state index contributed by atoms with van der Waals surface area (Å²) >= 11 is 0. The van der Waals surface area contributed by atoms with Crippen LogP contribution in [0.15, 0.2) is 12.4 Å². The number of rotatable bonds is 6. The second-order valence-corrected chi connectivity index (χ2v) is 4.29. The van der Waals surface area contributed by atoms with Crippen molar-refractivity contribution in [3.63, 3.8) is 0 Å². The Morgan fingerprint density at radius 1 is 1.67 bits per heavy atom. The van der Waals surface area contributed by atoms with E-state index < -0.39 is 0 Å². The monoisotopic (exact) mass is 209 g/mol. The van der Waals surface area contributed by atoms with E-state index in [1.54, 1.807) is 7.11 Å². The molecule has 1 aliphatic rings. The molecule has 1 saturated carbocycles. The van der Waals surface area contributed by atoms with Gasteiger partial charge in [0, 0.05) is 31.5 Å². The van der Waals surface area contributed by atoms with Crippen LogP contribution < -0.4 is 5.32 Å². The van der Waals surface area contributed by atoms with Crippen LogP contribution in [0, 0.1) is 0 Å². The number of aromatic nitrogens is 2. The summed E-state index contributed by atoms with van der Waals surface area (Å²) in [6.45, 7) is 3.75. The Kier molecular flexibility index (Phi) is 3.38. The molecule has 0 saturated heterocycles. The van der Waals surface area contributed by atoms with Gasteiger partial charge in [-0.2, -0.15) is 5.10 Å². The minimum atomic E-state index is 0.310. The minimum absolute atomic E-state index is 0.310. The molecule has 0 amide bonds. The second kappa shape index (κ2) is 4.77. The molecule has 0 aromatic carbocycles. The van der Waals surface area contributed by atoms with Gasteiger partial charge in [-0.05, 0) is 19.8 Å². The van der Waals surface area contributed by atoms with Gasteiger partial charge in [0.2, 0.25) is 0 Å². The molecule has 0 spiro atoms. The standard InChI is InChI=1S/C11H19N3O/c1-9(8-15-2)14-7-10(6-13-14)5-12-11-3-4-11/h6-7,9,11-12H,3-5,8H2,1-2H3. The van der Waals surface area contributed by atoms with Crippen molar-refractivity contribution in [2.45, 2.75) is 38.4 Å². The van der Waals surface area contributed by atoms with Crippen molar-refractivity contribution in [3.05, 3.63) is 18.0 Å². The highest BCUT2D eigenvalue weighted by Gasteiger charge is 2.20. The van der Waals surface area contributed by atoms with E-state index >= 15 is 0 Å². The van der Waals surface area contributed by atoms with Gasteiger partial charge < -0.3 is 10.1 Å². The van der Waals surface area contributed by atoms with Gasteiger partial charge in [-0.25, -0.2) is 0 Å². The van der Waals surface area contributed by atoms with Crippen LogP contribution in [0.2, 0.25) is 0 Å². The first-order chi connectivity index (χ1) is 7.29. The van der Waals surface area contributed by atoms with Crippen molar-refractivity contribution >= 4 is 0 Å². The van der Waals surface area contributed by atoms with E-state index in [0.29, 0.717) is 12.6 Å². The average Bonchev–Trinajstić information content (AvgIpc) is 2.93. The predicted octanol–water partition coefficient (Wildman–Crippen LogP) is 1.34. The lowest BCUT2D eigenvalue weighted by Crippen LogP contribution is -2.15. The number of hydrogen-bond donors (Lipinski definition) is 1. The van der Waals surface area contributed by atoms with Gasteiger partial charge >= 0.3 is 0 Å². The number of nitrogens with one attached hydrogen (secondary N) is 1. The summed E-state index contributed by atoms with van der Waals surface area (Å²) < 4.78 is 7.06. The Labute approximate surface area is 90.6 Å². The fraction of sp³-hybridized carbons (Fsp3) is 0.727. The minimum Gasteiger partial charge on any atom is -0.382 e. The van der Waals surface area contributed by atoms with E-state index in [2.05, 4.69) is 23.5 Å². The number of hydrogen-bond acceptors (Lipinski definition) is 3. The van der Waals surface area contributed by atoms with Crippen molar-refractivity contribution in [1.82, 2.24) is 15.1 Å². The molecular formula is C11H19N3O. The zero-order chi connectivity index (χ0) is 10.7. The Bertz CT molecular complexity index is 307. The third-order valence-corrected chi connectivity index (χ3v) is 2.69. The first-order valence-corrected chi connectivity index (χ1v) is 5.55. The lowest BCUT2D eigenvalue weighted by Gasteiger charge is -2.09. The molecule has 1 unspecified atom stereocenters. The Balaban J connectivity index is 1.84. The molecule has 2 rings (SSSR count). The van der Waals surface area contributed by atoms with Crippen molar-refractivity contribution in [1.29, 1.82) is 0 Å². The molecule has 1 aromatic heterocycles. The molecule has 1 aliphatic carbocycles. The van der Waals surface area contributed by atoms with Crippen LogP contribution in [0.25, 0.3) is 0 Å². The smallest absolute Gasteiger partial charge is 0.0724 e. The third-order valence-electron chi connectivity index (χ3n) is 2.69. The summed E-state index contributed by atoms with van der Waals surface area (Å²) in [5, 5.41) is 7.80. The molecule has 1 aromatic rings. The van der Waals surface area contributed by atoms with Crippen LogP contribution in [-0.2, 0) is 11.3 Å². The first kappa shape index (κ1) is 10.6. The van der Waals surface area contributed by atoms with Crippen LogP contribution in [-0.4, -0.2) is 29.5 Å². The van der Waals surface area contributed by atoms with E-state index in [4.69, 9.17) is 4.74 Å². The lowest BCUT2D eigenvalue weighted by atomic mass is 10.3. The van der Waals surface area contributed by atoms with E-state index in [-0.39, 0.29) is 0 Å². The van der Waals surface area contributed by atoms with Gasteiger partial charge in [-0.15, -0.1) is 0 Å². The van der Waals surface area contributed by atoms with Gasteiger partial charge in [0.1, 0.15) is 0 Å². The fourth-order valence-corrected chi connectivity index (χ4v) is 1.58. The van der Waals surface area contributed by atoms with Crippen molar-refractivity contribution < 1.29 is 4.74 Å². The number of ether oxygens (including phenoxy) is 1. The Hall–Kier alpha value is -0.870. The first-order valence-electron chi connectivity index (χ1n) is 5.55. The molecule has 1 atom stereocenters. The largest absolute Gasteiger partial charge is 0.382 e. The van der Waals surface area contributed by atoms with E-state index in [1.165, 1.54) is 18.4 Å². The van der Waals surface area contributed by atoms with Crippen molar-refractivity contribution in [2.75, 3.05) is 13.7 Å². The highest BCUT2D eigenvalue weighted by atomic mass is 16.5. The highest BCUT2D eigenvalue weighted by Crippen LogP contribution is 2.19. The maximum absolute atomic E-state index is 5.10. The topological polar surface area (TPSA) is 39.1 Å². The molecular weight excluding hydrogens is 190 g/mol. The molecule has 1 heterocycles. The second-order valence-electron chi connectivity index (χ2n) is 4.29. The van der Waals surface area contributed by atoms with E-state index in [9.17, 15) is 0 Å². The summed E-state index contributed by atoms with van der Waals surface area (Å²) in [4.78, 5) is 0. The number of methoxy groups -OCH3 is 1. The quantitative estimate of drug-likeness (QED) is 0.768. The van der Waals surface area contributed by atoms with Crippen LogP contribution in [0.3, 0.4) is 0 Å². The summed E-state index contributed by atoms with van der Waals surface area (Å²) in [5.41, 5.74) is 1.25. The zero-order valence-corrected chi connectivity index (χ0v) is 9.44. The molecule has 1 N–H and O–H groups in total. The van der Waals surface area contributed by atoms with E-state index in [1.807, 2.05) is 10.9 Å². The number of nitrogens with zero attached hydrogens (tertiary/aromatic N) is 2. The zero-order valence-electron chi connectivity index (χ0n) is 9.44. The summed E-state index contributed by atoms with van der Waals surface area (Å²) in [6.07, 6.45) is 6.68. The van der Waals surface area contributed by atoms with Crippen molar-refractivity contribution in [2.24, 2.45) is 0 Å². The van der Waals surface area contributed by atoms with Gasteiger partial charge in [0.15, 0.2) is 0 Å². The van der Waals surface area contributed by atoms with Gasteiger partial charge in [-0.3, -0.25) is 4.68 Å². The van der Waals surface area contributed by atoms with Crippen molar-refractivity contribution in [3.8, 4) is 0 Å². The van der Waals surface area contributed by atoms with Gasteiger partial charge in [0.25, 0.3) is 0 Å². The Morgan fingerprint density at radius 3 is 3.13 bits per heavy atom. The predicted molar refractivity (Wildman–Crippen MR) is 58.7 cm³/mol. The van der Waals surface area contributed by atoms with E-state index in [0.717, 1.165) is 12.6 Å². The fourth-order valence-electron chi connectivity index (χ4n) is 1.58. The summed E-state index contributed by atoms with van der Waals surface area (Å²) in [5.74, 6) is 0. The van der Waals surface area contributed by atoms with Crippen LogP contribution >= 0.6 is 0 Å². The van der Waals surface area contributed by atoms with Crippen LogP contribution in [0.5, 0.6) is 0 Å². The maximum Gasteiger partial charge on any atom is 0.0724 e. The summed E-state index contributed by atoms with van der Waals surface area (Å²) in [7, 11) is 1.72. The van der Waals surface area contributed by atoms with Crippen LogP contribution in [0.4, 0.5) is 0 Å². The maximum atomic E-state index is 5.10. The molecule has 84 valence electrons. The third kappa shape index (κ3) is 3.04. The highest BCUT2D eigenvalue weighted by molar-refractivity contribution is 5.04. The molecule has 15 heavy (non-hydrogen) atoms. The summed E-state index contributed by atoms with van der Waals surface area (Å²) in [6, 6.07) is 1.06. The van der Waals surface area contributed by atoms with Gasteiger partial charge in [0.05, 0.1) is 18.8 Å². The molecule has 4 heteroatoms. The molecule has 0 aliphatic heterocycles. The molecule has 4 nitrogen and oxygen atoms in total. The normalized spacial score (nSPS) is 18.0. The lowest BCUT2D eigenvalue weighted by molar-refractivity contribution is 0.157. The SMILES string of the molecule is COCC(C)n1cc(CNC2CC2)cn1. The molecule has 0 radical (unpaired) electrons.